The molecule has 1 aliphatic heterocycles. The average molecular weight is 307 g/mol. The zero-order valence-electron chi connectivity index (χ0n) is 11.6. The van der Waals surface area contributed by atoms with Crippen LogP contribution in [0.2, 0.25) is 0 Å². The van der Waals surface area contributed by atoms with E-state index in [0.29, 0.717) is 6.07 Å². The van der Waals surface area contributed by atoms with Crippen LogP contribution in [0.3, 0.4) is 0 Å². The van der Waals surface area contributed by atoms with Crippen LogP contribution in [0.15, 0.2) is 6.07 Å². The number of aryl methyl sites for hydroxylation is 1. The highest BCUT2D eigenvalue weighted by Crippen LogP contribution is 2.29. The second-order valence-corrected chi connectivity index (χ2v) is 5.41. The van der Waals surface area contributed by atoms with Gasteiger partial charge in [-0.05, 0) is 13.3 Å². The Morgan fingerprint density at radius 3 is 2.62 bits per heavy atom. The number of carbonyl (C=O) groups is 1. The van der Waals surface area contributed by atoms with Crippen LogP contribution in [0.4, 0.5) is 13.2 Å². The van der Waals surface area contributed by atoms with Crippen molar-refractivity contribution in [3.63, 3.8) is 0 Å². The van der Waals surface area contributed by atoms with E-state index in [1.54, 1.807) is 0 Å². The monoisotopic (exact) mass is 307 g/mol. The van der Waals surface area contributed by atoms with Gasteiger partial charge >= 0.3 is 6.18 Å². The first-order chi connectivity index (χ1) is 9.52. The SMILES string of the molecule is Cn1nc(C(F)(F)F)cc1C(=O)N1CC[C@@](C)(O)[C@@H](O)C1. The fraction of sp³-hybridized carbons (Fsp3) is 0.667. The third-order valence-electron chi connectivity index (χ3n) is 3.68. The highest BCUT2D eigenvalue weighted by molar-refractivity contribution is 5.92. The van der Waals surface area contributed by atoms with Crippen LogP contribution >= 0.6 is 0 Å². The van der Waals surface area contributed by atoms with Gasteiger partial charge in [0.05, 0.1) is 11.7 Å². The van der Waals surface area contributed by atoms with Crippen LogP contribution in [-0.4, -0.2) is 55.6 Å². The van der Waals surface area contributed by atoms with E-state index < -0.39 is 29.5 Å². The standard InChI is InChI=1S/C12H16F3N3O3/c1-11(21)3-4-18(6-9(11)19)10(20)7-5-8(12(13,14)15)16-17(7)2/h5,9,19,21H,3-4,6H2,1-2H3/t9-,11+/m0/s1. The molecule has 1 saturated heterocycles. The number of alkyl halides is 3. The first kappa shape index (κ1) is 15.8. The molecule has 1 aromatic heterocycles. The number of halogens is 3. The molecule has 1 amide bonds. The van der Waals surface area contributed by atoms with Gasteiger partial charge in [-0.25, -0.2) is 0 Å². The third-order valence-corrected chi connectivity index (χ3v) is 3.68. The van der Waals surface area contributed by atoms with Gasteiger partial charge in [-0.2, -0.15) is 18.3 Å². The Morgan fingerprint density at radius 1 is 1.52 bits per heavy atom. The van der Waals surface area contributed by atoms with Gasteiger partial charge in [-0.15, -0.1) is 0 Å². The molecular formula is C12H16F3N3O3. The molecule has 0 aromatic carbocycles. The summed E-state index contributed by atoms with van der Waals surface area (Å²) in [6.45, 7) is 1.46. The Balaban J connectivity index is 2.20. The summed E-state index contributed by atoms with van der Waals surface area (Å²) < 4.78 is 38.6. The number of rotatable bonds is 1. The number of carbonyl (C=O) groups excluding carboxylic acids is 1. The van der Waals surface area contributed by atoms with Gasteiger partial charge in [0.15, 0.2) is 5.69 Å². The molecule has 9 heteroatoms. The van der Waals surface area contributed by atoms with E-state index in [4.69, 9.17) is 0 Å². The largest absolute Gasteiger partial charge is 0.435 e. The third kappa shape index (κ3) is 3.03. The summed E-state index contributed by atoms with van der Waals surface area (Å²) in [7, 11) is 1.25. The molecule has 0 saturated carbocycles. The maximum absolute atomic E-state index is 12.6. The zero-order chi connectivity index (χ0) is 16.0. The van der Waals surface area contributed by atoms with E-state index in [9.17, 15) is 28.2 Å². The Kier molecular flexibility index (Phi) is 3.75. The van der Waals surface area contributed by atoms with Crippen molar-refractivity contribution in [1.82, 2.24) is 14.7 Å². The lowest BCUT2D eigenvalue weighted by Crippen LogP contribution is -2.55. The number of hydrogen-bond acceptors (Lipinski definition) is 4. The number of hydrogen-bond donors (Lipinski definition) is 2. The number of aliphatic hydroxyl groups is 2. The second kappa shape index (κ2) is 4.99. The van der Waals surface area contributed by atoms with E-state index in [1.807, 2.05) is 0 Å². The number of aromatic nitrogens is 2. The van der Waals surface area contributed by atoms with E-state index in [1.165, 1.54) is 18.9 Å². The Hall–Kier alpha value is -1.61. The van der Waals surface area contributed by atoms with Crippen molar-refractivity contribution in [2.45, 2.75) is 31.2 Å². The summed E-state index contributed by atoms with van der Waals surface area (Å²) in [5, 5.41) is 22.9. The molecule has 21 heavy (non-hydrogen) atoms. The van der Waals surface area contributed by atoms with Gasteiger partial charge in [-0.1, -0.05) is 0 Å². The van der Waals surface area contributed by atoms with Crippen molar-refractivity contribution in [2.75, 3.05) is 13.1 Å². The fourth-order valence-electron chi connectivity index (χ4n) is 2.18. The summed E-state index contributed by atoms with van der Waals surface area (Å²) >= 11 is 0. The molecule has 0 unspecified atom stereocenters. The quantitative estimate of drug-likeness (QED) is 0.787. The van der Waals surface area contributed by atoms with Gasteiger partial charge in [0.2, 0.25) is 0 Å². The summed E-state index contributed by atoms with van der Waals surface area (Å²) in [6.07, 6.45) is -5.63. The fourth-order valence-corrected chi connectivity index (χ4v) is 2.18. The smallest absolute Gasteiger partial charge is 0.388 e. The molecule has 2 rings (SSSR count). The second-order valence-electron chi connectivity index (χ2n) is 5.41. The van der Waals surface area contributed by atoms with Gasteiger partial charge in [0.1, 0.15) is 5.69 Å². The molecule has 2 heterocycles. The predicted molar refractivity (Wildman–Crippen MR) is 65.4 cm³/mol. The molecule has 1 fully saturated rings. The van der Waals surface area contributed by atoms with Crippen LogP contribution in [0, 0.1) is 0 Å². The van der Waals surface area contributed by atoms with E-state index in [-0.39, 0.29) is 25.2 Å². The molecule has 0 radical (unpaired) electrons. The minimum atomic E-state index is -4.62. The molecular weight excluding hydrogens is 291 g/mol. The number of piperidine rings is 1. The van der Waals surface area contributed by atoms with Crippen LogP contribution < -0.4 is 0 Å². The van der Waals surface area contributed by atoms with Crippen LogP contribution in [-0.2, 0) is 13.2 Å². The molecule has 0 aliphatic carbocycles. The van der Waals surface area contributed by atoms with Crippen molar-refractivity contribution in [3.05, 3.63) is 17.5 Å². The van der Waals surface area contributed by atoms with Crippen LogP contribution in [0.5, 0.6) is 0 Å². The predicted octanol–water partition coefficient (Wildman–Crippen LogP) is 0.397. The molecule has 2 atom stereocenters. The highest BCUT2D eigenvalue weighted by Gasteiger charge is 2.40. The lowest BCUT2D eigenvalue weighted by atomic mass is 9.90. The van der Waals surface area contributed by atoms with E-state index >= 15 is 0 Å². The lowest BCUT2D eigenvalue weighted by Gasteiger charge is -2.39. The molecule has 0 spiro atoms. The lowest BCUT2D eigenvalue weighted by molar-refractivity contribution is -0.141. The molecule has 118 valence electrons. The number of likely N-dealkylation sites (tertiary alicyclic amines) is 1. The van der Waals surface area contributed by atoms with Gasteiger partial charge in [-0.3, -0.25) is 9.48 Å². The minimum absolute atomic E-state index is 0.141. The first-order valence-electron chi connectivity index (χ1n) is 6.33. The summed E-state index contributed by atoms with van der Waals surface area (Å²) in [6, 6.07) is 0.682. The van der Waals surface area contributed by atoms with Crippen molar-refractivity contribution in [1.29, 1.82) is 0 Å². The molecule has 1 aromatic rings. The van der Waals surface area contributed by atoms with Crippen molar-refractivity contribution >= 4 is 5.91 Å². The topological polar surface area (TPSA) is 78.6 Å². The minimum Gasteiger partial charge on any atom is -0.388 e. The average Bonchev–Trinajstić information content (AvgIpc) is 2.74. The molecule has 6 nitrogen and oxygen atoms in total. The first-order valence-corrected chi connectivity index (χ1v) is 6.33. The number of aliphatic hydroxyl groups excluding tert-OH is 1. The maximum Gasteiger partial charge on any atom is 0.435 e. The number of nitrogens with zero attached hydrogens (tertiary/aromatic N) is 3. The van der Waals surface area contributed by atoms with Crippen molar-refractivity contribution < 1.29 is 28.2 Å². The zero-order valence-corrected chi connectivity index (χ0v) is 11.6. The Labute approximate surface area is 118 Å². The van der Waals surface area contributed by atoms with Crippen molar-refractivity contribution in [3.8, 4) is 0 Å². The van der Waals surface area contributed by atoms with Gasteiger partial charge in [0, 0.05) is 26.2 Å². The van der Waals surface area contributed by atoms with Crippen LogP contribution in [0.25, 0.3) is 0 Å². The van der Waals surface area contributed by atoms with E-state index in [2.05, 4.69) is 5.10 Å². The summed E-state index contributed by atoms with van der Waals surface area (Å²) in [5.74, 6) is -0.657. The highest BCUT2D eigenvalue weighted by atomic mass is 19.4. The molecule has 2 N–H and O–H groups in total. The van der Waals surface area contributed by atoms with E-state index in [0.717, 1.165) is 4.68 Å². The summed E-state index contributed by atoms with van der Waals surface area (Å²) in [4.78, 5) is 13.4. The number of amides is 1. The normalized spacial score (nSPS) is 27.0. The molecule has 0 bridgehead atoms. The molecule has 1 aliphatic rings. The van der Waals surface area contributed by atoms with Crippen LogP contribution in [0.1, 0.15) is 29.5 Å². The maximum atomic E-state index is 12.6. The van der Waals surface area contributed by atoms with Crippen molar-refractivity contribution in [2.24, 2.45) is 7.05 Å². The number of β-amino-alcohol motifs (C(OH)–C–C–N with tert-alkyl or cyclic N) is 1. The van der Waals surface area contributed by atoms with Gasteiger partial charge in [0.25, 0.3) is 5.91 Å². The Morgan fingerprint density at radius 2 is 2.14 bits per heavy atom. The summed E-state index contributed by atoms with van der Waals surface area (Å²) in [5.41, 5.74) is -2.66. The Bertz CT molecular complexity index is 554. The van der Waals surface area contributed by atoms with Gasteiger partial charge < -0.3 is 15.1 Å².